The molecule has 4 aromatic rings. The van der Waals surface area contributed by atoms with Gasteiger partial charge in [0.1, 0.15) is 0 Å². The van der Waals surface area contributed by atoms with Crippen LogP contribution in [0, 0.1) is 6.92 Å². The van der Waals surface area contributed by atoms with E-state index < -0.39 is 0 Å². The van der Waals surface area contributed by atoms with Crippen LogP contribution in [0.2, 0.25) is 10.0 Å². The van der Waals surface area contributed by atoms with Crippen molar-refractivity contribution in [2.45, 2.75) is 33.5 Å². The maximum absolute atomic E-state index is 6.25. The molecular weight excluding hydrogens is 467 g/mol. The number of aromatic nitrogens is 6. The summed E-state index contributed by atoms with van der Waals surface area (Å²) in [5.74, 6) is 0.627. The van der Waals surface area contributed by atoms with Crippen molar-refractivity contribution in [1.82, 2.24) is 29.3 Å². The van der Waals surface area contributed by atoms with Crippen LogP contribution in [0.3, 0.4) is 0 Å². The average molecular weight is 489 g/mol. The third kappa shape index (κ3) is 5.29. The minimum Gasteiger partial charge on any atom is -0.330 e. The maximum atomic E-state index is 6.25. The first kappa shape index (κ1) is 22.3. The molecule has 0 aliphatic heterocycles. The van der Waals surface area contributed by atoms with Crippen LogP contribution in [0.1, 0.15) is 23.7 Å². The summed E-state index contributed by atoms with van der Waals surface area (Å²) < 4.78 is 5.59. The summed E-state index contributed by atoms with van der Waals surface area (Å²) in [6.07, 6.45) is 7.37. The molecule has 0 unspecified atom stereocenters. The Morgan fingerprint density at radius 3 is 2.59 bits per heavy atom. The van der Waals surface area contributed by atoms with E-state index in [4.69, 9.17) is 35.4 Å². The normalized spacial score (nSPS) is 11.0. The van der Waals surface area contributed by atoms with Gasteiger partial charge in [0.2, 0.25) is 0 Å². The summed E-state index contributed by atoms with van der Waals surface area (Å²) in [6, 6.07) is 7.26. The van der Waals surface area contributed by atoms with Crippen molar-refractivity contribution in [3.63, 3.8) is 0 Å². The van der Waals surface area contributed by atoms with Crippen LogP contribution in [0.4, 0.5) is 11.5 Å². The zero-order valence-electron chi connectivity index (χ0n) is 17.6. The number of nitrogens with zero attached hydrogens (tertiary/aromatic N) is 6. The van der Waals surface area contributed by atoms with Crippen LogP contribution in [0.5, 0.6) is 0 Å². The third-order valence-corrected chi connectivity index (χ3v) is 5.75. The van der Waals surface area contributed by atoms with Crippen molar-refractivity contribution in [2.75, 3.05) is 10.6 Å². The summed E-state index contributed by atoms with van der Waals surface area (Å²) >= 11 is 17.6. The fourth-order valence-corrected chi connectivity index (χ4v) is 3.96. The minimum absolute atomic E-state index is 0.425. The van der Waals surface area contributed by atoms with E-state index in [2.05, 4.69) is 39.8 Å². The highest BCUT2D eigenvalue weighted by Crippen LogP contribution is 2.22. The second-order valence-corrected chi connectivity index (χ2v) is 8.46. The van der Waals surface area contributed by atoms with Crippen molar-refractivity contribution >= 4 is 52.0 Å². The Bertz CT molecular complexity index is 1240. The lowest BCUT2D eigenvalue weighted by atomic mass is 10.2. The van der Waals surface area contributed by atoms with Gasteiger partial charge in [-0.1, -0.05) is 29.3 Å². The Morgan fingerprint density at radius 1 is 1.03 bits per heavy atom. The van der Waals surface area contributed by atoms with Gasteiger partial charge in [-0.05, 0) is 43.8 Å². The first-order valence-electron chi connectivity index (χ1n) is 10.0. The highest BCUT2D eigenvalue weighted by molar-refractivity contribution is 7.80. The second-order valence-electron chi connectivity index (χ2n) is 7.21. The highest BCUT2D eigenvalue weighted by Gasteiger charge is 2.09. The molecule has 0 saturated heterocycles. The van der Waals surface area contributed by atoms with E-state index in [0.717, 1.165) is 29.1 Å². The smallest absolute Gasteiger partial charge is 0.176 e. The molecule has 0 aliphatic carbocycles. The van der Waals surface area contributed by atoms with Crippen LogP contribution in [0.25, 0.3) is 0 Å². The van der Waals surface area contributed by atoms with E-state index in [1.165, 1.54) is 0 Å². The standard InChI is InChI=1S/C21H22Cl2N8S/c1-3-31-14(2)16(9-25-31)12-30-13-18(10-24-30)26-21(32)27-20-6-7-29(28-20)11-15-4-5-17(22)8-19(15)23/h4-10,13H,3,11-12H2,1-2H3,(H2,26,27,28,32). The molecule has 32 heavy (non-hydrogen) atoms. The van der Waals surface area contributed by atoms with E-state index in [1.807, 2.05) is 46.2 Å². The lowest BCUT2D eigenvalue weighted by Gasteiger charge is -2.07. The molecule has 8 nitrogen and oxygen atoms in total. The molecule has 0 amide bonds. The van der Waals surface area contributed by atoms with Gasteiger partial charge >= 0.3 is 0 Å². The Labute approximate surface area is 201 Å². The van der Waals surface area contributed by atoms with E-state index in [0.29, 0.717) is 34.1 Å². The van der Waals surface area contributed by atoms with Gasteiger partial charge in [-0.3, -0.25) is 14.0 Å². The molecule has 3 aromatic heterocycles. The fourth-order valence-electron chi connectivity index (χ4n) is 3.27. The van der Waals surface area contributed by atoms with Gasteiger partial charge in [-0.2, -0.15) is 15.3 Å². The molecule has 0 saturated carbocycles. The molecule has 1 aromatic carbocycles. The average Bonchev–Trinajstić information content (AvgIpc) is 3.46. The van der Waals surface area contributed by atoms with Gasteiger partial charge in [0.05, 0.1) is 31.2 Å². The van der Waals surface area contributed by atoms with E-state index in [-0.39, 0.29) is 0 Å². The number of rotatable bonds is 7. The van der Waals surface area contributed by atoms with Crippen LogP contribution >= 0.6 is 35.4 Å². The number of halogens is 2. The van der Waals surface area contributed by atoms with Crippen molar-refractivity contribution in [2.24, 2.45) is 0 Å². The predicted octanol–water partition coefficient (Wildman–Crippen LogP) is 4.82. The van der Waals surface area contributed by atoms with Crippen molar-refractivity contribution in [3.8, 4) is 0 Å². The number of hydrogen-bond acceptors (Lipinski definition) is 4. The summed E-state index contributed by atoms with van der Waals surface area (Å²) in [5.41, 5.74) is 3.99. The molecule has 4 rings (SSSR count). The van der Waals surface area contributed by atoms with Crippen molar-refractivity contribution in [1.29, 1.82) is 0 Å². The predicted molar refractivity (Wildman–Crippen MR) is 132 cm³/mol. The van der Waals surface area contributed by atoms with Gasteiger partial charge in [0.15, 0.2) is 10.9 Å². The molecule has 0 atom stereocenters. The number of nitrogens with one attached hydrogen (secondary N) is 2. The molecule has 166 valence electrons. The van der Waals surface area contributed by atoms with Gasteiger partial charge in [0.25, 0.3) is 0 Å². The molecule has 11 heteroatoms. The van der Waals surface area contributed by atoms with Gasteiger partial charge in [-0.15, -0.1) is 0 Å². The van der Waals surface area contributed by atoms with Gasteiger partial charge in [-0.25, -0.2) is 0 Å². The first-order chi connectivity index (χ1) is 15.4. The molecular formula is C21H22Cl2N8S. The first-order valence-corrected chi connectivity index (χ1v) is 11.2. The van der Waals surface area contributed by atoms with Crippen molar-refractivity contribution < 1.29 is 0 Å². The number of thiocarbonyl (C=S) groups is 1. The summed E-state index contributed by atoms with van der Waals surface area (Å²) in [5, 5.41) is 21.1. The SMILES string of the molecule is CCn1ncc(Cn2cc(NC(=S)Nc3ccn(Cc4ccc(Cl)cc4Cl)n3)cn2)c1C. The number of hydrogen-bond donors (Lipinski definition) is 2. The largest absolute Gasteiger partial charge is 0.330 e. The van der Waals surface area contributed by atoms with E-state index in [1.54, 1.807) is 16.9 Å². The molecule has 0 bridgehead atoms. The zero-order chi connectivity index (χ0) is 22.7. The van der Waals surface area contributed by atoms with Crippen LogP contribution < -0.4 is 10.6 Å². The lowest BCUT2D eigenvalue weighted by molar-refractivity contribution is 0.633. The second kappa shape index (κ2) is 9.72. The quantitative estimate of drug-likeness (QED) is 0.363. The zero-order valence-corrected chi connectivity index (χ0v) is 19.9. The summed E-state index contributed by atoms with van der Waals surface area (Å²) in [7, 11) is 0. The van der Waals surface area contributed by atoms with Gasteiger partial charge in [0, 0.05) is 46.3 Å². The molecule has 2 N–H and O–H groups in total. The topological polar surface area (TPSA) is 77.5 Å². The van der Waals surface area contributed by atoms with Crippen LogP contribution in [-0.4, -0.2) is 34.5 Å². The van der Waals surface area contributed by atoms with Crippen LogP contribution in [-0.2, 0) is 19.6 Å². The summed E-state index contributed by atoms with van der Waals surface area (Å²) in [6.45, 7) is 6.15. The number of anilines is 2. The molecule has 0 radical (unpaired) electrons. The summed E-state index contributed by atoms with van der Waals surface area (Å²) in [4.78, 5) is 0. The maximum Gasteiger partial charge on any atom is 0.176 e. The monoisotopic (exact) mass is 488 g/mol. The molecule has 3 heterocycles. The van der Waals surface area contributed by atoms with Crippen LogP contribution in [0.15, 0.2) is 49.1 Å². The lowest BCUT2D eigenvalue weighted by Crippen LogP contribution is -2.19. The Balaban J connectivity index is 1.33. The molecule has 0 aliphatic rings. The van der Waals surface area contributed by atoms with Gasteiger partial charge < -0.3 is 10.6 Å². The van der Waals surface area contributed by atoms with E-state index in [9.17, 15) is 0 Å². The fraction of sp³-hybridized carbons (Fsp3) is 0.238. The van der Waals surface area contributed by atoms with Crippen molar-refractivity contribution in [3.05, 3.63) is 75.9 Å². The molecule has 0 spiro atoms. The third-order valence-electron chi connectivity index (χ3n) is 4.96. The minimum atomic E-state index is 0.425. The Morgan fingerprint density at radius 2 is 1.84 bits per heavy atom. The number of aryl methyl sites for hydroxylation is 1. The Hall–Kier alpha value is -2.88. The molecule has 0 fully saturated rings. The van der Waals surface area contributed by atoms with E-state index >= 15 is 0 Å². The highest BCUT2D eigenvalue weighted by atomic mass is 35.5. The number of benzene rings is 1. The Kier molecular flexibility index (Phi) is 6.78.